The smallest absolute Gasteiger partial charge is 0.172 e. The molecule has 16 heavy (non-hydrogen) atoms. The molecular weight excluding hydrogens is 228 g/mol. The first-order valence-electron chi connectivity index (χ1n) is 5.36. The molecule has 1 heterocycles. The van der Waals surface area contributed by atoms with Gasteiger partial charge in [0.1, 0.15) is 0 Å². The molecular formula is C12H15F2NS. The predicted octanol–water partition coefficient (Wildman–Crippen LogP) is 3.29. The monoisotopic (exact) mass is 243 g/mol. The summed E-state index contributed by atoms with van der Waals surface area (Å²) in [4.78, 5) is 0.364. The fourth-order valence-corrected chi connectivity index (χ4v) is 2.71. The number of thioether (sulfide) groups is 1. The molecule has 4 heteroatoms. The van der Waals surface area contributed by atoms with E-state index < -0.39 is 17.2 Å². The highest BCUT2D eigenvalue weighted by atomic mass is 32.2. The van der Waals surface area contributed by atoms with Crippen LogP contribution in [0.25, 0.3) is 0 Å². The number of benzene rings is 1. The van der Waals surface area contributed by atoms with Gasteiger partial charge in [-0.05, 0) is 38.6 Å². The van der Waals surface area contributed by atoms with Crippen molar-refractivity contribution in [2.75, 3.05) is 12.8 Å². The Hall–Kier alpha value is -0.610. The second kappa shape index (κ2) is 4.34. The molecule has 0 amide bonds. The predicted molar refractivity (Wildman–Crippen MR) is 62.7 cm³/mol. The van der Waals surface area contributed by atoms with Crippen LogP contribution in [-0.2, 0) is 5.54 Å². The van der Waals surface area contributed by atoms with E-state index in [1.807, 2.05) is 6.92 Å². The standard InChI is InChI=1S/C12H15F2NS/c1-12(6-3-7-15-12)8-4-5-9(16-2)11(14)10(8)13/h4-5,15H,3,6-7H2,1-2H3. The summed E-state index contributed by atoms with van der Waals surface area (Å²) < 4.78 is 27.6. The lowest BCUT2D eigenvalue weighted by Crippen LogP contribution is -2.34. The Bertz CT molecular complexity index is 400. The molecule has 0 radical (unpaired) electrons. The highest BCUT2D eigenvalue weighted by Crippen LogP contribution is 2.34. The number of hydrogen-bond acceptors (Lipinski definition) is 2. The van der Waals surface area contributed by atoms with Crippen LogP contribution in [0.3, 0.4) is 0 Å². The first kappa shape index (κ1) is 11.9. The van der Waals surface area contributed by atoms with Crippen LogP contribution in [0.5, 0.6) is 0 Å². The van der Waals surface area contributed by atoms with E-state index in [2.05, 4.69) is 5.32 Å². The summed E-state index contributed by atoms with van der Waals surface area (Å²) in [5.74, 6) is -1.43. The van der Waals surface area contributed by atoms with Crippen LogP contribution in [0.1, 0.15) is 25.3 Å². The van der Waals surface area contributed by atoms with E-state index in [0.717, 1.165) is 19.4 Å². The molecule has 0 saturated carbocycles. The van der Waals surface area contributed by atoms with Gasteiger partial charge in [-0.25, -0.2) is 8.78 Å². The maximum atomic E-state index is 13.9. The van der Waals surface area contributed by atoms with Gasteiger partial charge in [0.15, 0.2) is 11.6 Å². The van der Waals surface area contributed by atoms with Gasteiger partial charge >= 0.3 is 0 Å². The number of rotatable bonds is 2. The Balaban J connectivity index is 2.46. The molecule has 1 unspecified atom stereocenters. The molecule has 0 spiro atoms. The Morgan fingerprint density at radius 2 is 2.06 bits per heavy atom. The van der Waals surface area contributed by atoms with Crippen molar-refractivity contribution in [3.05, 3.63) is 29.3 Å². The maximum Gasteiger partial charge on any atom is 0.172 e. The third kappa shape index (κ3) is 1.84. The van der Waals surface area contributed by atoms with Crippen molar-refractivity contribution in [3.8, 4) is 0 Å². The van der Waals surface area contributed by atoms with Crippen molar-refractivity contribution in [2.24, 2.45) is 0 Å². The second-order valence-corrected chi connectivity index (χ2v) is 5.15. The summed E-state index contributed by atoms with van der Waals surface area (Å²) in [6, 6.07) is 3.35. The van der Waals surface area contributed by atoms with Crippen molar-refractivity contribution in [3.63, 3.8) is 0 Å². The minimum absolute atomic E-state index is 0.364. The zero-order valence-electron chi connectivity index (χ0n) is 9.44. The van der Waals surface area contributed by atoms with E-state index in [-0.39, 0.29) is 0 Å². The lowest BCUT2D eigenvalue weighted by molar-refractivity contribution is 0.391. The third-order valence-corrected chi connectivity index (χ3v) is 3.99. The van der Waals surface area contributed by atoms with E-state index in [0.29, 0.717) is 10.5 Å². The molecule has 1 aliphatic heterocycles. The summed E-state index contributed by atoms with van der Waals surface area (Å²) in [6.45, 7) is 2.79. The molecule has 1 N–H and O–H groups in total. The van der Waals surface area contributed by atoms with Crippen molar-refractivity contribution >= 4 is 11.8 Å². The zero-order valence-corrected chi connectivity index (χ0v) is 10.3. The summed E-state index contributed by atoms with van der Waals surface area (Å²) in [5, 5.41) is 3.24. The second-order valence-electron chi connectivity index (χ2n) is 4.31. The van der Waals surface area contributed by atoms with Gasteiger partial charge < -0.3 is 5.32 Å². The fraction of sp³-hybridized carbons (Fsp3) is 0.500. The average Bonchev–Trinajstić information content (AvgIpc) is 2.70. The Labute approximate surface area is 98.6 Å². The van der Waals surface area contributed by atoms with Crippen LogP contribution >= 0.6 is 11.8 Å². The molecule has 2 rings (SSSR count). The molecule has 88 valence electrons. The highest BCUT2D eigenvalue weighted by Gasteiger charge is 2.33. The summed E-state index contributed by atoms with van der Waals surface area (Å²) in [7, 11) is 0. The molecule has 0 bridgehead atoms. The highest BCUT2D eigenvalue weighted by molar-refractivity contribution is 7.98. The van der Waals surface area contributed by atoms with Crippen LogP contribution in [0.15, 0.2) is 17.0 Å². The molecule has 1 aromatic carbocycles. The maximum absolute atomic E-state index is 13.9. The largest absolute Gasteiger partial charge is 0.308 e. The van der Waals surface area contributed by atoms with Crippen LogP contribution in [-0.4, -0.2) is 12.8 Å². The van der Waals surface area contributed by atoms with Gasteiger partial charge in [0.05, 0.1) is 0 Å². The van der Waals surface area contributed by atoms with Crippen LogP contribution < -0.4 is 5.32 Å². The number of nitrogens with one attached hydrogen (secondary N) is 1. The average molecular weight is 243 g/mol. The van der Waals surface area contributed by atoms with E-state index in [9.17, 15) is 8.78 Å². The minimum atomic E-state index is -0.722. The fourth-order valence-electron chi connectivity index (χ4n) is 2.24. The van der Waals surface area contributed by atoms with Crippen LogP contribution in [0, 0.1) is 11.6 Å². The molecule has 1 aliphatic rings. The van der Waals surface area contributed by atoms with Gasteiger partial charge in [-0.1, -0.05) is 6.07 Å². The lowest BCUT2D eigenvalue weighted by atomic mass is 9.90. The first-order chi connectivity index (χ1) is 7.58. The summed E-state index contributed by atoms with van der Waals surface area (Å²) in [6.07, 6.45) is 3.59. The quantitative estimate of drug-likeness (QED) is 0.800. The molecule has 1 aromatic rings. The van der Waals surface area contributed by atoms with Gasteiger partial charge in [0.25, 0.3) is 0 Å². The van der Waals surface area contributed by atoms with Gasteiger partial charge in [0, 0.05) is 16.0 Å². The molecule has 1 nitrogen and oxygen atoms in total. The molecule has 0 aliphatic carbocycles. The Morgan fingerprint density at radius 1 is 1.31 bits per heavy atom. The SMILES string of the molecule is CSc1ccc(C2(C)CCCN2)c(F)c1F. The normalized spacial score (nSPS) is 25.0. The third-order valence-electron chi connectivity index (χ3n) is 3.23. The number of hydrogen-bond donors (Lipinski definition) is 1. The van der Waals surface area contributed by atoms with Gasteiger partial charge in [-0.15, -0.1) is 11.8 Å². The summed E-state index contributed by atoms with van der Waals surface area (Å²) >= 11 is 1.22. The molecule has 1 saturated heterocycles. The van der Waals surface area contributed by atoms with Gasteiger partial charge in [-0.2, -0.15) is 0 Å². The van der Waals surface area contributed by atoms with E-state index in [1.165, 1.54) is 11.8 Å². The van der Waals surface area contributed by atoms with Crippen molar-refractivity contribution < 1.29 is 8.78 Å². The topological polar surface area (TPSA) is 12.0 Å². The van der Waals surface area contributed by atoms with Crippen molar-refractivity contribution in [1.82, 2.24) is 5.32 Å². The minimum Gasteiger partial charge on any atom is -0.308 e. The van der Waals surface area contributed by atoms with E-state index in [4.69, 9.17) is 0 Å². The van der Waals surface area contributed by atoms with E-state index >= 15 is 0 Å². The lowest BCUT2D eigenvalue weighted by Gasteiger charge is -2.26. The van der Waals surface area contributed by atoms with Gasteiger partial charge in [0.2, 0.25) is 0 Å². The van der Waals surface area contributed by atoms with E-state index in [1.54, 1.807) is 18.4 Å². The van der Waals surface area contributed by atoms with Crippen LogP contribution in [0.4, 0.5) is 8.78 Å². The van der Waals surface area contributed by atoms with Gasteiger partial charge in [-0.3, -0.25) is 0 Å². The molecule has 0 aromatic heterocycles. The Morgan fingerprint density at radius 3 is 2.62 bits per heavy atom. The zero-order chi connectivity index (χ0) is 11.8. The Kier molecular flexibility index (Phi) is 3.22. The van der Waals surface area contributed by atoms with Crippen LogP contribution in [0.2, 0.25) is 0 Å². The first-order valence-corrected chi connectivity index (χ1v) is 6.58. The summed E-state index contributed by atoms with van der Waals surface area (Å²) in [5.41, 5.74) is 0.0299. The molecule has 1 fully saturated rings. The van der Waals surface area contributed by atoms with Crippen molar-refractivity contribution in [2.45, 2.75) is 30.2 Å². The molecule has 1 atom stereocenters. The number of halogens is 2. The van der Waals surface area contributed by atoms with Crippen molar-refractivity contribution in [1.29, 1.82) is 0 Å².